The highest BCUT2D eigenvalue weighted by molar-refractivity contribution is 5.41. The number of hydrogen-bond acceptors (Lipinski definition) is 5. The van der Waals surface area contributed by atoms with Crippen LogP contribution in [0.2, 0.25) is 0 Å². The molecule has 0 amide bonds. The highest BCUT2D eigenvalue weighted by Crippen LogP contribution is 2.24. The largest absolute Gasteiger partial charge is 0.439 e. The van der Waals surface area contributed by atoms with Crippen LogP contribution in [-0.2, 0) is 0 Å². The molecule has 0 radical (unpaired) electrons. The maximum atomic E-state index is 10.7. The van der Waals surface area contributed by atoms with Crippen LogP contribution >= 0.6 is 0 Å². The van der Waals surface area contributed by atoms with Gasteiger partial charge in [0.1, 0.15) is 5.75 Å². The summed E-state index contributed by atoms with van der Waals surface area (Å²) < 4.78 is 5.43. The van der Waals surface area contributed by atoms with Crippen molar-refractivity contribution in [2.75, 3.05) is 0 Å². The first-order chi connectivity index (χ1) is 9.08. The smallest absolute Gasteiger partial charge is 0.273 e. The van der Waals surface area contributed by atoms with Crippen molar-refractivity contribution in [3.05, 3.63) is 57.8 Å². The number of hydrogen-bond donors (Lipinski definition) is 0. The van der Waals surface area contributed by atoms with E-state index in [-0.39, 0.29) is 11.6 Å². The molecule has 0 aliphatic rings. The van der Waals surface area contributed by atoms with Crippen LogP contribution in [0.3, 0.4) is 0 Å². The Morgan fingerprint density at radius 3 is 2.84 bits per heavy atom. The standard InChI is InChI=1S/C13H9N3O3/c1-9-5-10(8-14)6-13(15-9)19-12-4-2-3-11(7-12)16(17)18/h2-7H,1H3. The van der Waals surface area contributed by atoms with Crippen molar-refractivity contribution >= 4 is 5.69 Å². The molecule has 1 aromatic heterocycles. The average molecular weight is 255 g/mol. The minimum atomic E-state index is -0.503. The van der Waals surface area contributed by atoms with Crippen LogP contribution in [0.15, 0.2) is 36.4 Å². The summed E-state index contributed by atoms with van der Waals surface area (Å²) in [6.07, 6.45) is 0. The second-order valence-corrected chi connectivity index (χ2v) is 3.80. The topological polar surface area (TPSA) is 89.0 Å². The first kappa shape index (κ1) is 12.5. The van der Waals surface area contributed by atoms with Gasteiger partial charge in [0.05, 0.1) is 22.6 Å². The molecule has 0 atom stereocenters. The molecule has 1 aromatic carbocycles. The predicted octanol–water partition coefficient (Wildman–Crippen LogP) is 2.96. The fraction of sp³-hybridized carbons (Fsp3) is 0.0769. The van der Waals surface area contributed by atoms with Gasteiger partial charge in [0.25, 0.3) is 5.69 Å². The summed E-state index contributed by atoms with van der Waals surface area (Å²) in [4.78, 5) is 14.3. The second kappa shape index (κ2) is 5.14. The van der Waals surface area contributed by atoms with Crippen molar-refractivity contribution in [2.24, 2.45) is 0 Å². The van der Waals surface area contributed by atoms with Crippen LogP contribution in [0, 0.1) is 28.4 Å². The Morgan fingerprint density at radius 2 is 2.16 bits per heavy atom. The molecule has 0 bridgehead atoms. The highest BCUT2D eigenvalue weighted by atomic mass is 16.6. The number of rotatable bonds is 3. The Labute approximate surface area is 109 Å². The summed E-state index contributed by atoms with van der Waals surface area (Å²) in [5, 5.41) is 19.5. The van der Waals surface area contributed by atoms with Crippen molar-refractivity contribution in [3.8, 4) is 17.7 Å². The fourth-order valence-electron chi connectivity index (χ4n) is 1.54. The summed E-state index contributed by atoms with van der Waals surface area (Å²) >= 11 is 0. The van der Waals surface area contributed by atoms with Crippen molar-refractivity contribution in [1.82, 2.24) is 4.98 Å². The molecular weight excluding hydrogens is 246 g/mol. The van der Waals surface area contributed by atoms with E-state index in [4.69, 9.17) is 10.00 Å². The van der Waals surface area contributed by atoms with Gasteiger partial charge in [0, 0.05) is 17.8 Å². The zero-order valence-electron chi connectivity index (χ0n) is 10.0. The molecular formula is C13H9N3O3. The van der Waals surface area contributed by atoms with Gasteiger partial charge in [-0.2, -0.15) is 5.26 Å². The first-order valence-corrected chi connectivity index (χ1v) is 5.39. The van der Waals surface area contributed by atoms with E-state index in [2.05, 4.69) is 4.98 Å². The first-order valence-electron chi connectivity index (χ1n) is 5.39. The molecule has 19 heavy (non-hydrogen) atoms. The number of nitrogens with zero attached hydrogens (tertiary/aromatic N) is 3. The van der Waals surface area contributed by atoms with Crippen LogP contribution in [0.1, 0.15) is 11.3 Å². The molecule has 1 heterocycles. The number of nitro groups is 1. The summed E-state index contributed by atoms with van der Waals surface area (Å²) in [6, 6.07) is 10.9. The average Bonchev–Trinajstić information content (AvgIpc) is 2.38. The Kier molecular flexibility index (Phi) is 3.39. The minimum Gasteiger partial charge on any atom is -0.439 e. The van der Waals surface area contributed by atoms with Gasteiger partial charge in [-0.05, 0) is 19.1 Å². The monoisotopic (exact) mass is 255 g/mol. The number of benzene rings is 1. The van der Waals surface area contributed by atoms with Crippen LogP contribution in [-0.4, -0.2) is 9.91 Å². The van der Waals surface area contributed by atoms with Crippen LogP contribution in [0.25, 0.3) is 0 Å². The third-order valence-electron chi connectivity index (χ3n) is 2.31. The van der Waals surface area contributed by atoms with E-state index in [1.165, 1.54) is 24.3 Å². The molecule has 0 spiro atoms. The Morgan fingerprint density at radius 1 is 1.37 bits per heavy atom. The van der Waals surface area contributed by atoms with Gasteiger partial charge >= 0.3 is 0 Å². The van der Waals surface area contributed by atoms with E-state index < -0.39 is 4.92 Å². The van der Waals surface area contributed by atoms with Gasteiger partial charge in [0.15, 0.2) is 0 Å². The molecule has 6 heteroatoms. The van der Waals surface area contributed by atoms with E-state index in [9.17, 15) is 10.1 Å². The molecule has 0 fully saturated rings. The van der Waals surface area contributed by atoms with E-state index in [0.717, 1.165) is 0 Å². The predicted molar refractivity (Wildman–Crippen MR) is 66.9 cm³/mol. The van der Waals surface area contributed by atoms with Crippen molar-refractivity contribution in [3.63, 3.8) is 0 Å². The Hall–Kier alpha value is -2.94. The third-order valence-corrected chi connectivity index (χ3v) is 2.31. The van der Waals surface area contributed by atoms with Gasteiger partial charge in [-0.1, -0.05) is 6.07 Å². The summed E-state index contributed by atoms with van der Waals surface area (Å²) in [7, 11) is 0. The van der Waals surface area contributed by atoms with Crippen molar-refractivity contribution < 1.29 is 9.66 Å². The molecule has 0 aliphatic carbocycles. The molecule has 0 saturated heterocycles. The molecule has 0 N–H and O–H groups in total. The lowest BCUT2D eigenvalue weighted by atomic mass is 10.2. The number of non-ortho nitro benzene ring substituents is 1. The van der Waals surface area contributed by atoms with E-state index in [1.54, 1.807) is 19.1 Å². The number of aromatic nitrogens is 1. The summed E-state index contributed by atoms with van der Waals surface area (Å²) in [6.45, 7) is 1.74. The van der Waals surface area contributed by atoms with Crippen LogP contribution < -0.4 is 4.74 Å². The molecule has 0 saturated carbocycles. The third kappa shape index (κ3) is 3.04. The lowest BCUT2D eigenvalue weighted by molar-refractivity contribution is -0.384. The van der Waals surface area contributed by atoms with Crippen LogP contribution in [0.4, 0.5) is 5.69 Å². The van der Waals surface area contributed by atoms with E-state index in [1.807, 2.05) is 6.07 Å². The highest BCUT2D eigenvalue weighted by Gasteiger charge is 2.08. The second-order valence-electron chi connectivity index (χ2n) is 3.80. The zero-order valence-corrected chi connectivity index (χ0v) is 10.0. The molecule has 0 unspecified atom stereocenters. The maximum Gasteiger partial charge on any atom is 0.273 e. The molecule has 6 nitrogen and oxygen atoms in total. The quantitative estimate of drug-likeness (QED) is 0.621. The zero-order chi connectivity index (χ0) is 13.8. The van der Waals surface area contributed by atoms with Crippen molar-refractivity contribution in [2.45, 2.75) is 6.92 Å². The minimum absolute atomic E-state index is 0.0642. The number of aryl methyl sites for hydroxylation is 1. The lowest BCUT2D eigenvalue weighted by Crippen LogP contribution is -1.93. The summed E-state index contributed by atoms with van der Waals surface area (Å²) in [5.41, 5.74) is 0.998. The number of pyridine rings is 1. The van der Waals surface area contributed by atoms with Gasteiger partial charge in [0.2, 0.25) is 5.88 Å². The van der Waals surface area contributed by atoms with Crippen LogP contribution in [0.5, 0.6) is 11.6 Å². The van der Waals surface area contributed by atoms with Gasteiger partial charge < -0.3 is 4.74 Å². The Balaban J connectivity index is 2.31. The number of nitro benzene ring substituents is 1. The molecule has 0 aliphatic heterocycles. The maximum absolute atomic E-state index is 10.7. The van der Waals surface area contributed by atoms with Gasteiger partial charge in [-0.15, -0.1) is 0 Å². The molecule has 2 rings (SSSR count). The van der Waals surface area contributed by atoms with Gasteiger partial charge in [-0.25, -0.2) is 4.98 Å². The van der Waals surface area contributed by atoms with Crippen molar-refractivity contribution in [1.29, 1.82) is 5.26 Å². The summed E-state index contributed by atoms with van der Waals surface area (Å²) in [5.74, 6) is 0.535. The molecule has 2 aromatic rings. The Bertz CT molecular complexity index is 677. The number of nitriles is 1. The normalized spacial score (nSPS) is 9.68. The SMILES string of the molecule is Cc1cc(C#N)cc(Oc2cccc([N+](=O)[O-])c2)n1. The fourth-order valence-corrected chi connectivity index (χ4v) is 1.54. The lowest BCUT2D eigenvalue weighted by Gasteiger charge is -2.05. The van der Waals surface area contributed by atoms with Gasteiger partial charge in [-0.3, -0.25) is 10.1 Å². The number of ether oxygens (including phenoxy) is 1. The molecule has 94 valence electrons. The van der Waals surface area contributed by atoms with E-state index >= 15 is 0 Å². The van der Waals surface area contributed by atoms with E-state index in [0.29, 0.717) is 17.0 Å².